The van der Waals surface area contributed by atoms with Crippen molar-refractivity contribution in [1.29, 1.82) is 0 Å². The van der Waals surface area contributed by atoms with E-state index in [1.807, 2.05) is 48.5 Å². The van der Waals surface area contributed by atoms with Gasteiger partial charge >= 0.3 is 0 Å². The summed E-state index contributed by atoms with van der Waals surface area (Å²) in [5.41, 5.74) is 9.05. The first-order chi connectivity index (χ1) is 13.7. The second-order valence-electron chi connectivity index (χ2n) is 6.44. The Hall–Kier alpha value is -1.84. The van der Waals surface area contributed by atoms with E-state index < -0.39 is 0 Å². The van der Waals surface area contributed by atoms with Gasteiger partial charge in [-0.2, -0.15) is 0 Å². The number of guanidine groups is 1. The predicted octanol–water partition coefficient (Wildman–Crippen LogP) is 4.10. The summed E-state index contributed by atoms with van der Waals surface area (Å²) in [7, 11) is 1.67. The summed E-state index contributed by atoms with van der Waals surface area (Å²) in [5, 5.41) is 3.14. The van der Waals surface area contributed by atoms with Crippen LogP contribution < -0.4 is 15.8 Å². The van der Waals surface area contributed by atoms with Crippen LogP contribution in [-0.2, 0) is 17.9 Å². The van der Waals surface area contributed by atoms with Crippen LogP contribution in [0, 0.1) is 0 Å². The van der Waals surface area contributed by atoms with Gasteiger partial charge in [0.1, 0.15) is 12.4 Å². The number of aliphatic imine (C=N–C) groups is 1. The Bertz CT molecular complexity index is 734. The number of likely N-dealkylation sites (N-methyl/N-ethyl adjacent to an activating group) is 1. The highest BCUT2D eigenvalue weighted by molar-refractivity contribution is 14.0. The van der Waals surface area contributed by atoms with E-state index in [0.29, 0.717) is 25.7 Å². The van der Waals surface area contributed by atoms with Crippen molar-refractivity contribution in [3.05, 3.63) is 59.7 Å². The van der Waals surface area contributed by atoms with Gasteiger partial charge in [-0.3, -0.25) is 0 Å². The average Bonchev–Trinajstić information content (AvgIpc) is 2.72. The molecule has 0 fully saturated rings. The van der Waals surface area contributed by atoms with Gasteiger partial charge in [-0.15, -0.1) is 24.0 Å². The standard InChI is InChI=1S/C22H32N4O2.HI/c1-4-26(5-2)14-15-28-20-12-10-18(11-13-20)16-24-22(23)25-21-9-7-6-8-19(21)17-27-3;/h6-13H,4-5,14-17H2,1-3H3,(H3,23,24,25);1H. The van der Waals surface area contributed by atoms with Crippen LogP contribution in [0.15, 0.2) is 53.5 Å². The minimum absolute atomic E-state index is 0. The van der Waals surface area contributed by atoms with E-state index in [4.69, 9.17) is 15.2 Å². The van der Waals surface area contributed by atoms with E-state index in [0.717, 1.165) is 42.2 Å². The predicted molar refractivity (Wildman–Crippen MR) is 131 cm³/mol. The van der Waals surface area contributed by atoms with Crippen molar-refractivity contribution in [1.82, 2.24) is 4.90 Å². The van der Waals surface area contributed by atoms with E-state index in [2.05, 4.69) is 29.1 Å². The van der Waals surface area contributed by atoms with Crippen molar-refractivity contribution < 1.29 is 9.47 Å². The van der Waals surface area contributed by atoms with Gasteiger partial charge in [-0.05, 0) is 36.9 Å². The summed E-state index contributed by atoms with van der Waals surface area (Å²) < 4.78 is 11.0. The van der Waals surface area contributed by atoms with Crippen LogP contribution in [-0.4, -0.2) is 44.2 Å². The maximum Gasteiger partial charge on any atom is 0.193 e. The lowest BCUT2D eigenvalue weighted by atomic mass is 10.2. The van der Waals surface area contributed by atoms with Crippen LogP contribution in [0.5, 0.6) is 5.75 Å². The lowest BCUT2D eigenvalue weighted by Crippen LogP contribution is -2.27. The van der Waals surface area contributed by atoms with Crippen LogP contribution in [0.25, 0.3) is 0 Å². The summed E-state index contributed by atoms with van der Waals surface area (Å²) in [5.74, 6) is 1.25. The minimum atomic E-state index is 0. The second-order valence-corrected chi connectivity index (χ2v) is 6.44. The molecule has 160 valence electrons. The summed E-state index contributed by atoms with van der Waals surface area (Å²) >= 11 is 0. The smallest absolute Gasteiger partial charge is 0.193 e. The Kier molecular flexibility index (Phi) is 12.3. The molecular formula is C22H33IN4O2. The number of hydrogen-bond donors (Lipinski definition) is 2. The van der Waals surface area contributed by atoms with Gasteiger partial charge in [-0.25, -0.2) is 4.99 Å². The van der Waals surface area contributed by atoms with Crippen LogP contribution in [0.2, 0.25) is 0 Å². The number of methoxy groups -OCH3 is 1. The van der Waals surface area contributed by atoms with Crippen molar-refractivity contribution in [2.45, 2.75) is 27.0 Å². The molecule has 0 aromatic heterocycles. The highest BCUT2D eigenvalue weighted by atomic mass is 127. The van der Waals surface area contributed by atoms with E-state index in [1.54, 1.807) is 7.11 Å². The Morgan fingerprint density at radius 3 is 2.41 bits per heavy atom. The molecule has 0 aliphatic carbocycles. The molecule has 0 radical (unpaired) electrons. The number of halogens is 1. The molecule has 0 bridgehead atoms. The molecule has 0 heterocycles. The number of benzene rings is 2. The molecule has 7 heteroatoms. The van der Waals surface area contributed by atoms with Gasteiger partial charge in [0, 0.05) is 24.9 Å². The van der Waals surface area contributed by atoms with Crippen LogP contribution >= 0.6 is 24.0 Å². The third kappa shape index (κ3) is 9.01. The fourth-order valence-electron chi connectivity index (χ4n) is 2.80. The number of rotatable bonds is 11. The van der Waals surface area contributed by atoms with E-state index in [1.165, 1.54) is 0 Å². The number of nitrogens with two attached hydrogens (primary N) is 1. The first-order valence-corrected chi connectivity index (χ1v) is 9.74. The van der Waals surface area contributed by atoms with Crippen LogP contribution in [0.4, 0.5) is 5.69 Å². The normalized spacial score (nSPS) is 11.2. The molecule has 2 aromatic carbocycles. The summed E-state index contributed by atoms with van der Waals surface area (Å²) in [6.07, 6.45) is 0. The minimum Gasteiger partial charge on any atom is -0.492 e. The molecule has 3 N–H and O–H groups in total. The largest absolute Gasteiger partial charge is 0.492 e. The molecule has 0 spiro atoms. The molecular weight excluding hydrogens is 479 g/mol. The lowest BCUT2D eigenvalue weighted by molar-refractivity contribution is 0.185. The van der Waals surface area contributed by atoms with Crippen LogP contribution in [0.3, 0.4) is 0 Å². The monoisotopic (exact) mass is 512 g/mol. The zero-order valence-electron chi connectivity index (χ0n) is 17.6. The molecule has 0 saturated heterocycles. The summed E-state index contributed by atoms with van der Waals surface area (Å²) in [6, 6.07) is 15.9. The Labute approximate surface area is 191 Å². The molecule has 29 heavy (non-hydrogen) atoms. The first-order valence-electron chi connectivity index (χ1n) is 9.74. The summed E-state index contributed by atoms with van der Waals surface area (Å²) in [4.78, 5) is 6.76. The summed E-state index contributed by atoms with van der Waals surface area (Å²) in [6.45, 7) is 9.06. The zero-order valence-corrected chi connectivity index (χ0v) is 19.9. The van der Waals surface area contributed by atoms with Crippen molar-refractivity contribution >= 4 is 35.6 Å². The van der Waals surface area contributed by atoms with Crippen molar-refractivity contribution in [2.24, 2.45) is 10.7 Å². The molecule has 0 saturated carbocycles. The quantitative estimate of drug-likeness (QED) is 0.270. The molecule has 0 atom stereocenters. The lowest BCUT2D eigenvalue weighted by Gasteiger charge is -2.18. The maximum absolute atomic E-state index is 6.04. The Balaban J connectivity index is 0.00000420. The van der Waals surface area contributed by atoms with Gasteiger partial charge in [-0.1, -0.05) is 44.2 Å². The van der Waals surface area contributed by atoms with E-state index in [9.17, 15) is 0 Å². The molecule has 2 aromatic rings. The van der Waals surface area contributed by atoms with Crippen molar-refractivity contribution in [2.75, 3.05) is 38.7 Å². The van der Waals surface area contributed by atoms with Gasteiger partial charge in [0.25, 0.3) is 0 Å². The topological polar surface area (TPSA) is 72.1 Å². The second kappa shape index (κ2) is 14.2. The molecule has 6 nitrogen and oxygen atoms in total. The number of hydrogen-bond acceptors (Lipinski definition) is 4. The van der Waals surface area contributed by atoms with Gasteiger partial charge < -0.3 is 25.4 Å². The zero-order chi connectivity index (χ0) is 20.2. The average molecular weight is 512 g/mol. The van der Waals surface area contributed by atoms with E-state index in [-0.39, 0.29) is 24.0 Å². The highest BCUT2D eigenvalue weighted by Crippen LogP contribution is 2.16. The number of para-hydroxylation sites is 1. The van der Waals surface area contributed by atoms with Gasteiger partial charge in [0.15, 0.2) is 5.96 Å². The SMILES string of the molecule is CCN(CC)CCOc1ccc(CN=C(N)Nc2ccccc2COC)cc1.I. The molecule has 2 rings (SSSR count). The van der Waals surface area contributed by atoms with Crippen LogP contribution in [0.1, 0.15) is 25.0 Å². The highest BCUT2D eigenvalue weighted by Gasteiger charge is 2.03. The first kappa shape index (κ1) is 25.2. The maximum atomic E-state index is 6.04. The van der Waals surface area contributed by atoms with Crippen molar-refractivity contribution in [3.63, 3.8) is 0 Å². The van der Waals surface area contributed by atoms with Gasteiger partial charge in [0.05, 0.1) is 13.2 Å². The molecule has 0 aliphatic rings. The fourth-order valence-corrected chi connectivity index (χ4v) is 2.80. The molecule has 0 amide bonds. The Morgan fingerprint density at radius 1 is 1.07 bits per heavy atom. The number of nitrogens with zero attached hydrogens (tertiary/aromatic N) is 2. The van der Waals surface area contributed by atoms with Crippen molar-refractivity contribution in [3.8, 4) is 5.75 Å². The number of nitrogens with one attached hydrogen (secondary N) is 1. The third-order valence-electron chi connectivity index (χ3n) is 4.51. The number of anilines is 1. The fraction of sp³-hybridized carbons (Fsp3) is 0.409. The third-order valence-corrected chi connectivity index (χ3v) is 4.51. The number of ether oxygens (including phenoxy) is 2. The Morgan fingerprint density at radius 2 is 1.76 bits per heavy atom. The molecule has 0 aliphatic heterocycles. The molecule has 0 unspecified atom stereocenters. The van der Waals surface area contributed by atoms with E-state index >= 15 is 0 Å². The van der Waals surface area contributed by atoms with Gasteiger partial charge in [0.2, 0.25) is 0 Å².